The van der Waals surface area contributed by atoms with Crippen LogP contribution in [-0.4, -0.2) is 59.6 Å². The molecule has 2 saturated carbocycles. The van der Waals surface area contributed by atoms with E-state index in [-0.39, 0.29) is 54.3 Å². The summed E-state index contributed by atoms with van der Waals surface area (Å²) in [4.78, 5) is 24.6. The van der Waals surface area contributed by atoms with Crippen LogP contribution in [0.15, 0.2) is 48.6 Å². The number of hydrogen-bond donors (Lipinski definition) is 2. The summed E-state index contributed by atoms with van der Waals surface area (Å²) in [7, 11) is 0. The van der Waals surface area contributed by atoms with Gasteiger partial charge in [0.05, 0.1) is 24.4 Å². The number of ether oxygens (including phenoxy) is 3. The molecule has 8 heteroatoms. The molecule has 5 atom stereocenters. The number of carbonyl (C=O) groups excluding carboxylic acids is 2. The lowest BCUT2D eigenvalue weighted by Crippen LogP contribution is -2.40. The number of aliphatic hydroxyl groups is 2. The van der Waals surface area contributed by atoms with Gasteiger partial charge < -0.3 is 24.4 Å². The quantitative estimate of drug-likeness (QED) is 0.0363. The SMILES string of the molecule is CCCCCCCCCCCCCCOc1ccc(C(=O)OCCOC(=O)CCCC=CC[C@@H]2[C@@H](C=CC[C@H](O)C3(CC)CCC3)[C@H](O)C[C@H]2Cl)cc1. The van der Waals surface area contributed by atoms with Gasteiger partial charge in [0.25, 0.3) is 0 Å². The molecule has 0 aromatic heterocycles. The van der Waals surface area contributed by atoms with Crippen molar-refractivity contribution in [3.05, 3.63) is 54.1 Å². The van der Waals surface area contributed by atoms with E-state index in [9.17, 15) is 19.8 Å². The number of rotatable bonds is 29. The molecule has 0 amide bonds. The van der Waals surface area contributed by atoms with Gasteiger partial charge >= 0.3 is 11.9 Å². The van der Waals surface area contributed by atoms with Gasteiger partial charge in [-0.25, -0.2) is 4.79 Å². The van der Waals surface area contributed by atoms with E-state index in [4.69, 9.17) is 25.8 Å². The third kappa shape index (κ3) is 16.9. The second kappa shape index (κ2) is 26.5. The summed E-state index contributed by atoms with van der Waals surface area (Å²) in [5, 5.41) is 21.3. The molecule has 2 fully saturated rings. The minimum atomic E-state index is -0.471. The Labute approximate surface area is 326 Å². The summed E-state index contributed by atoms with van der Waals surface area (Å²) < 4.78 is 16.4. The monoisotopic (exact) mass is 758 g/mol. The number of hydrogen-bond acceptors (Lipinski definition) is 7. The molecule has 0 heterocycles. The first-order valence-electron chi connectivity index (χ1n) is 21.2. The molecule has 2 aliphatic rings. The highest BCUT2D eigenvalue weighted by molar-refractivity contribution is 6.21. The van der Waals surface area contributed by atoms with Crippen LogP contribution in [0.2, 0.25) is 0 Å². The Morgan fingerprint density at radius 3 is 2.11 bits per heavy atom. The van der Waals surface area contributed by atoms with Gasteiger partial charge in [-0.3, -0.25) is 4.79 Å². The van der Waals surface area contributed by atoms with Gasteiger partial charge in [0.2, 0.25) is 0 Å². The number of unbranched alkanes of at least 4 members (excludes halogenated alkanes) is 12. The van der Waals surface area contributed by atoms with Crippen LogP contribution in [0.3, 0.4) is 0 Å². The summed E-state index contributed by atoms with van der Waals surface area (Å²) in [5.41, 5.74) is 0.507. The van der Waals surface area contributed by atoms with E-state index in [1.54, 1.807) is 24.3 Å². The molecule has 2 aliphatic carbocycles. The molecule has 7 nitrogen and oxygen atoms in total. The molecule has 2 N–H and O–H groups in total. The first kappa shape index (κ1) is 45.0. The van der Waals surface area contributed by atoms with E-state index in [0.717, 1.165) is 44.3 Å². The minimum absolute atomic E-state index is 0.00255. The van der Waals surface area contributed by atoms with Crippen LogP contribution < -0.4 is 4.74 Å². The van der Waals surface area contributed by atoms with E-state index in [1.165, 1.54) is 77.0 Å². The van der Waals surface area contributed by atoms with Gasteiger partial charge in [-0.15, -0.1) is 11.6 Å². The smallest absolute Gasteiger partial charge is 0.338 e. The van der Waals surface area contributed by atoms with Crippen LogP contribution in [0.4, 0.5) is 0 Å². The third-order valence-corrected chi connectivity index (χ3v) is 12.1. The molecule has 0 radical (unpaired) electrons. The zero-order valence-electron chi connectivity index (χ0n) is 33.0. The average Bonchev–Trinajstić information content (AvgIpc) is 3.40. The molecule has 1 aromatic carbocycles. The van der Waals surface area contributed by atoms with Crippen LogP contribution in [0, 0.1) is 17.3 Å². The number of esters is 2. The van der Waals surface area contributed by atoms with Gasteiger partial charge in [-0.2, -0.15) is 0 Å². The maximum Gasteiger partial charge on any atom is 0.338 e. The highest BCUT2D eigenvalue weighted by atomic mass is 35.5. The number of halogens is 1. The van der Waals surface area contributed by atoms with E-state index in [0.29, 0.717) is 31.4 Å². The van der Waals surface area contributed by atoms with Crippen molar-refractivity contribution in [2.75, 3.05) is 19.8 Å². The van der Waals surface area contributed by atoms with Gasteiger partial charge in [0.1, 0.15) is 19.0 Å². The lowest BCUT2D eigenvalue weighted by molar-refractivity contribution is -0.144. The number of alkyl halides is 1. The van der Waals surface area contributed by atoms with Crippen molar-refractivity contribution in [1.29, 1.82) is 0 Å². The summed E-state index contributed by atoms with van der Waals surface area (Å²) in [6, 6.07) is 6.97. The van der Waals surface area contributed by atoms with E-state index in [2.05, 4.69) is 32.1 Å². The molecular formula is C45H71ClO7. The van der Waals surface area contributed by atoms with Crippen molar-refractivity contribution in [2.45, 2.75) is 173 Å². The number of carbonyl (C=O) groups is 2. The fourth-order valence-electron chi connectivity index (χ4n) is 7.83. The highest BCUT2D eigenvalue weighted by Crippen LogP contribution is 2.48. The first-order chi connectivity index (χ1) is 25.8. The zero-order valence-corrected chi connectivity index (χ0v) is 33.8. The van der Waals surface area contributed by atoms with Crippen LogP contribution in [0.1, 0.15) is 165 Å². The molecule has 0 unspecified atom stereocenters. The largest absolute Gasteiger partial charge is 0.494 e. The second-order valence-electron chi connectivity index (χ2n) is 15.5. The summed E-state index contributed by atoms with van der Waals surface area (Å²) in [6.07, 6.45) is 31.2. The molecule has 53 heavy (non-hydrogen) atoms. The van der Waals surface area contributed by atoms with Crippen molar-refractivity contribution in [2.24, 2.45) is 17.3 Å². The van der Waals surface area contributed by atoms with Crippen molar-refractivity contribution in [3.8, 4) is 5.75 Å². The summed E-state index contributed by atoms with van der Waals surface area (Å²) in [5.74, 6) is 0.0774. The topological polar surface area (TPSA) is 102 Å². The van der Waals surface area contributed by atoms with Crippen LogP contribution in [-0.2, 0) is 14.3 Å². The molecule has 0 bridgehead atoms. The molecule has 0 spiro atoms. The standard InChI is InChI=1S/C45H71ClO7/c1-3-5-6-7-8-9-10-11-12-13-16-19-32-51-37-28-26-36(27-29-37)44(50)53-34-33-52-43(49)25-18-15-14-17-22-38-39(41(47)35-40(38)46)23-20-24-42(48)45(4-2)30-21-31-45/h14,17,20,23,26-29,38-42,47-48H,3-13,15-16,18-19,21-22,24-25,30-35H2,1-2H3/t38-,39-,40-,41-,42+/m1/s1. The average molecular weight is 760 g/mol. The Kier molecular flexibility index (Phi) is 22.5. The Morgan fingerprint density at radius 2 is 1.49 bits per heavy atom. The number of aliphatic hydroxyl groups excluding tert-OH is 2. The lowest BCUT2D eigenvalue weighted by atomic mass is 9.63. The van der Waals surface area contributed by atoms with E-state index >= 15 is 0 Å². The Morgan fingerprint density at radius 1 is 0.849 bits per heavy atom. The molecule has 300 valence electrons. The lowest BCUT2D eigenvalue weighted by Gasteiger charge is -2.45. The summed E-state index contributed by atoms with van der Waals surface area (Å²) in [6.45, 7) is 5.12. The van der Waals surface area contributed by atoms with Crippen molar-refractivity contribution >= 4 is 23.5 Å². The van der Waals surface area contributed by atoms with Crippen molar-refractivity contribution in [1.82, 2.24) is 0 Å². The predicted octanol–water partition coefficient (Wildman–Crippen LogP) is 11.1. The Balaban J connectivity index is 1.18. The zero-order chi connectivity index (χ0) is 38.2. The fraction of sp³-hybridized carbons (Fsp3) is 0.733. The van der Waals surface area contributed by atoms with Crippen molar-refractivity contribution in [3.63, 3.8) is 0 Å². The molecule has 3 rings (SSSR count). The number of allylic oxidation sites excluding steroid dienone is 2. The van der Waals surface area contributed by atoms with Crippen LogP contribution in [0.25, 0.3) is 0 Å². The molecule has 1 aromatic rings. The predicted molar refractivity (Wildman–Crippen MR) is 215 cm³/mol. The normalized spacial score (nSPS) is 21.5. The van der Waals surface area contributed by atoms with Gasteiger partial charge in [0.15, 0.2) is 0 Å². The molecule has 0 saturated heterocycles. The van der Waals surface area contributed by atoms with E-state index < -0.39 is 12.1 Å². The van der Waals surface area contributed by atoms with Gasteiger partial charge in [-0.1, -0.05) is 115 Å². The Bertz CT molecular complexity index is 1190. The third-order valence-electron chi connectivity index (χ3n) is 11.6. The van der Waals surface area contributed by atoms with Crippen molar-refractivity contribution < 1.29 is 34.0 Å². The second-order valence-corrected chi connectivity index (χ2v) is 16.1. The number of benzene rings is 1. The highest BCUT2D eigenvalue weighted by Gasteiger charge is 2.42. The molecular weight excluding hydrogens is 688 g/mol. The first-order valence-corrected chi connectivity index (χ1v) is 21.6. The maximum atomic E-state index is 12.4. The van der Waals surface area contributed by atoms with Gasteiger partial charge in [0, 0.05) is 17.7 Å². The summed E-state index contributed by atoms with van der Waals surface area (Å²) >= 11 is 6.62. The molecule has 0 aliphatic heterocycles. The van der Waals surface area contributed by atoms with E-state index in [1.807, 2.05) is 6.08 Å². The van der Waals surface area contributed by atoms with Gasteiger partial charge in [-0.05, 0) is 93.4 Å². The maximum absolute atomic E-state index is 12.4. The Hall–Kier alpha value is -2.35. The van der Waals surface area contributed by atoms with Crippen LogP contribution in [0.5, 0.6) is 5.75 Å². The fourth-order valence-corrected chi connectivity index (χ4v) is 8.29. The van der Waals surface area contributed by atoms with Crippen LogP contribution >= 0.6 is 11.6 Å². The minimum Gasteiger partial charge on any atom is -0.494 e.